The molecule has 4 rings (SSSR count). The highest BCUT2D eigenvalue weighted by molar-refractivity contribution is 5.91. The molecule has 202 valence electrons. The van der Waals surface area contributed by atoms with Crippen molar-refractivity contribution in [2.45, 2.75) is 44.8 Å². The number of rotatable bonds is 5. The van der Waals surface area contributed by atoms with E-state index in [1.807, 2.05) is 0 Å². The second kappa shape index (κ2) is 10.3. The normalized spacial score (nSPS) is 16.8. The maximum absolute atomic E-state index is 13.5. The Bertz CT molecular complexity index is 1460. The molecular weight excluding hydrogens is 505 g/mol. The molecule has 0 aliphatic carbocycles. The monoisotopic (exact) mass is 532 g/mol. The maximum atomic E-state index is 13.5. The van der Waals surface area contributed by atoms with Crippen LogP contribution in [0, 0.1) is 0 Å². The van der Waals surface area contributed by atoms with Crippen molar-refractivity contribution in [3.05, 3.63) is 57.6 Å². The number of likely N-dealkylation sites (tertiary alicyclic amines) is 1. The summed E-state index contributed by atoms with van der Waals surface area (Å²) in [6, 6.07) is 4.27. The van der Waals surface area contributed by atoms with Crippen LogP contribution in [0.1, 0.15) is 55.5 Å². The lowest BCUT2D eigenvalue weighted by atomic mass is 9.93. The molecule has 10 nitrogen and oxygen atoms in total. The highest BCUT2D eigenvalue weighted by Gasteiger charge is 2.32. The number of alkyl halides is 3. The lowest BCUT2D eigenvalue weighted by molar-refractivity contribution is -0.137. The Morgan fingerprint density at radius 1 is 1.18 bits per heavy atom. The number of carbonyl (C=O) groups is 2. The molecule has 1 fully saturated rings. The number of hydrogen-bond acceptors (Lipinski definition) is 6. The highest BCUT2D eigenvalue weighted by atomic mass is 19.4. The first-order valence-corrected chi connectivity index (χ1v) is 11.9. The van der Waals surface area contributed by atoms with E-state index in [1.165, 1.54) is 31.1 Å². The van der Waals surface area contributed by atoms with Crippen LogP contribution in [-0.4, -0.2) is 49.9 Å². The lowest BCUT2D eigenvalue weighted by Crippen LogP contribution is -2.38. The molecule has 1 saturated heterocycles. The molecule has 38 heavy (non-hydrogen) atoms. The largest absolute Gasteiger partial charge is 0.465 e. The van der Waals surface area contributed by atoms with Crippen molar-refractivity contribution in [2.75, 3.05) is 23.7 Å². The van der Waals surface area contributed by atoms with Gasteiger partial charge in [-0.1, -0.05) is 0 Å². The fourth-order valence-electron chi connectivity index (χ4n) is 4.61. The number of hydrogen-bond donors (Lipinski definition) is 3. The number of fused-ring (bicyclic) bond motifs is 1. The number of aromatic nitrogens is 3. The molecular formula is C25H27F3N6O4. The van der Waals surface area contributed by atoms with E-state index in [0.29, 0.717) is 24.0 Å². The first kappa shape index (κ1) is 26.9. The number of amides is 2. The summed E-state index contributed by atoms with van der Waals surface area (Å²) in [6.07, 6.45) is -2.84. The molecule has 1 aliphatic rings. The van der Waals surface area contributed by atoms with E-state index in [1.54, 1.807) is 13.0 Å². The summed E-state index contributed by atoms with van der Waals surface area (Å²) in [6.45, 7) is 3.54. The van der Waals surface area contributed by atoms with Crippen molar-refractivity contribution in [1.29, 1.82) is 0 Å². The standard InChI is InChI=1S/C25H27F3N6O4/c1-13(16-7-17(25(26,27)28)9-18(8-16)31-14(2)35)30-22-19-10-21(15-5-4-6-34(12-15)24(37)38)29-11-20(19)23(36)33(3)32-22/h7-11,13,15H,4-6,12H2,1-3H3,(H,30,32)(H,31,35)(H,37,38)/t13-,15?/m1/s1. The van der Waals surface area contributed by atoms with E-state index in [0.717, 1.165) is 23.2 Å². The first-order chi connectivity index (χ1) is 17.8. The number of aryl methyl sites for hydroxylation is 1. The molecule has 2 atom stereocenters. The Morgan fingerprint density at radius 3 is 2.58 bits per heavy atom. The molecule has 0 bridgehead atoms. The number of halogens is 3. The first-order valence-electron chi connectivity index (χ1n) is 11.9. The van der Waals surface area contributed by atoms with E-state index >= 15 is 0 Å². The van der Waals surface area contributed by atoms with Crippen LogP contribution in [0.15, 0.2) is 35.3 Å². The minimum Gasteiger partial charge on any atom is -0.465 e. The van der Waals surface area contributed by atoms with Gasteiger partial charge in [-0.15, -0.1) is 0 Å². The highest BCUT2D eigenvalue weighted by Crippen LogP contribution is 2.35. The zero-order chi connectivity index (χ0) is 27.8. The smallest absolute Gasteiger partial charge is 0.416 e. The Morgan fingerprint density at radius 2 is 1.92 bits per heavy atom. The van der Waals surface area contributed by atoms with Crippen LogP contribution in [0.5, 0.6) is 0 Å². The Kier molecular flexibility index (Phi) is 7.29. The number of nitrogens with zero attached hydrogens (tertiary/aromatic N) is 4. The summed E-state index contributed by atoms with van der Waals surface area (Å²) in [7, 11) is 1.45. The van der Waals surface area contributed by atoms with E-state index in [9.17, 15) is 32.7 Å². The minimum atomic E-state index is -4.63. The van der Waals surface area contributed by atoms with Crippen molar-refractivity contribution in [2.24, 2.45) is 7.05 Å². The molecule has 13 heteroatoms. The minimum absolute atomic E-state index is 0.000948. The van der Waals surface area contributed by atoms with Gasteiger partial charge in [0.15, 0.2) is 5.82 Å². The van der Waals surface area contributed by atoms with E-state index < -0.39 is 35.3 Å². The summed E-state index contributed by atoms with van der Waals surface area (Å²) < 4.78 is 41.8. The number of benzene rings is 1. The summed E-state index contributed by atoms with van der Waals surface area (Å²) in [5.41, 5.74) is -0.481. The van der Waals surface area contributed by atoms with Crippen molar-refractivity contribution >= 4 is 34.3 Å². The fraction of sp³-hybridized carbons (Fsp3) is 0.400. The van der Waals surface area contributed by atoms with Crippen molar-refractivity contribution in [3.8, 4) is 0 Å². The van der Waals surface area contributed by atoms with Gasteiger partial charge in [-0.3, -0.25) is 14.6 Å². The summed E-state index contributed by atoms with van der Waals surface area (Å²) >= 11 is 0. The molecule has 0 spiro atoms. The predicted octanol–water partition coefficient (Wildman–Crippen LogP) is 4.34. The van der Waals surface area contributed by atoms with Gasteiger partial charge in [0.25, 0.3) is 5.56 Å². The van der Waals surface area contributed by atoms with E-state index in [-0.39, 0.29) is 34.9 Å². The van der Waals surface area contributed by atoms with Crippen molar-refractivity contribution in [1.82, 2.24) is 19.7 Å². The molecule has 1 unspecified atom stereocenters. The zero-order valence-corrected chi connectivity index (χ0v) is 21.0. The number of anilines is 2. The summed E-state index contributed by atoms with van der Waals surface area (Å²) in [5, 5.41) is 19.9. The third-order valence-corrected chi connectivity index (χ3v) is 6.52. The van der Waals surface area contributed by atoms with Crippen molar-refractivity contribution in [3.63, 3.8) is 0 Å². The van der Waals surface area contributed by atoms with Gasteiger partial charge in [0.05, 0.1) is 17.0 Å². The summed E-state index contributed by atoms with van der Waals surface area (Å²) in [4.78, 5) is 41.4. The topological polar surface area (TPSA) is 129 Å². The third kappa shape index (κ3) is 5.71. The molecule has 0 saturated carbocycles. The molecule has 3 heterocycles. The number of pyridine rings is 1. The second-order valence-corrected chi connectivity index (χ2v) is 9.39. The van der Waals surface area contributed by atoms with Gasteiger partial charge < -0.3 is 20.6 Å². The molecule has 3 N–H and O–H groups in total. The van der Waals surface area contributed by atoms with Gasteiger partial charge in [0.1, 0.15) is 0 Å². The SMILES string of the molecule is CC(=O)Nc1cc([C@@H](C)Nc2nn(C)c(=O)c3cnc(C4CCCN(C(=O)O)C4)cc23)cc(C(F)(F)F)c1. The van der Waals surface area contributed by atoms with E-state index in [2.05, 4.69) is 20.7 Å². The van der Waals surface area contributed by atoms with E-state index in [4.69, 9.17) is 0 Å². The maximum Gasteiger partial charge on any atom is 0.416 e. The van der Waals surface area contributed by atoms with Gasteiger partial charge in [0.2, 0.25) is 5.91 Å². The van der Waals surface area contributed by atoms with Gasteiger partial charge in [-0.25, -0.2) is 9.48 Å². The van der Waals surface area contributed by atoms with Crippen molar-refractivity contribution < 1.29 is 27.9 Å². The lowest BCUT2D eigenvalue weighted by Gasteiger charge is -2.30. The van der Waals surface area contributed by atoms with Crippen LogP contribution in [0.2, 0.25) is 0 Å². The zero-order valence-electron chi connectivity index (χ0n) is 21.0. The molecule has 1 aromatic carbocycles. The second-order valence-electron chi connectivity index (χ2n) is 9.39. The average molecular weight is 533 g/mol. The number of carboxylic acid groups (broad SMARTS) is 1. The third-order valence-electron chi connectivity index (χ3n) is 6.52. The van der Waals surface area contributed by atoms with Gasteiger partial charge in [-0.05, 0) is 49.6 Å². The Balaban J connectivity index is 1.74. The molecule has 1 aliphatic heterocycles. The van der Waals surface area contributed by atoms with Gasteiger partial charge >= 0.3 is 12.3 Å². The van der Waals surface area contributed by atoms with Crippen LogP contribution < -0.4 is 16.2 Å². The van der Waals surface area contributed by atoms with Gasteiger partial charge in [0, 0.05) is 55.9 Å². The average Bonchev–Trinajstić information content (AvgIpc) is 2.85. The van der Waals surface area contributed by atoms with Crippen LogP contribution in [0.3, 0.4) is 0 Å². The number of piperidine rings is 1. The van der Waals surface area contributed by atoms with Crippen LogP contribution >= 0.6 is 0 Å². The van der Waals surface area contributed by atoms with Crippen LogP contribution in [0.4, 0.5) is 29.5 Å². The molecule has 2 amide bonds. The van der Waals surface area contributed by atoms with Crippen LogP contribution in [-0.2, 0) is 18.0 Å². The predicted molar refractivity (Wildman–Crippen MR) is 134 cm³/mol. The quantitative estimate of drug-likeness (QED) is 0.446. The van der Waals surface area contributed by atoms with Gasteiger partial charge in [-0.2, -0.15) is 18.3 Å². The fourth-order valence-corrected chi connectivity index (χ4v) is 4.61. The Labute approximate surface area is 215 Å². The molecule has 2 aromatic heterocycles. The number of carbonyl (C=O) groups excluding carboxylic acids is 1. The summed E-state index contributed by atoms with van der Waals surface area (Å²) in [5.74, 6) is -0.435. The Hall–Kier alpha value is -4.16. The molecule has 3 aromatic rings. The van der Waals surface area contributed by atoms with Crippen LogP contribution in [0.25, 0.3) is 10.8 Å². The number of nitrogens with one attached hydrogen (secondary N) is 2. The molecule has 0 radical (unpaired) electrons.